The van der Waals surface area contributed by atoms with E-state index in [4.69, 9.17) is 0 Å². The van der Waals surface area contributed by atoms with Crippen LogP contribution in [-0.4, -0.2) is 29.7 Å². The van der Waals surface area contributed by atoms with E-state index >= 15 is 0 Å². The van der Waals surface area contributed by atoms with Crippen molar-refractivity contribution in [1.82, 2.24) is 4.72 Å². The van der Waals surface area contributed by atoms with Crippen LogP contribution in [0, 0.1) is 0 Å². The van der Waals surface area contributed by atoms with Gasteiger partial charge in [0.1, 0.15) is 0 Å². The maximum absolute atomic E-state index is 10.2. The van der Waals surface area contributed by atoms with E-state index in [1.54, 1.807) is 0 Å². The zero-order valence-electron chi connectivity index (χ0n) is 6.70. The third-order valence-electron chi connectivity index (χ3n) is 0.470. The first-order chi connectivity index (χ1) is 3.92. The van der Waals surface area contributed by atoms with Crippen molar-refractivity contribution < 1.29 is 76.6 Å². The molecule has 0 aliphatic rings. The van der Waals surface area contributed by atoms with Gasteiger partial charge in [0.25, 0.3) is 0 Å². The zero-order chi connectivity index (χ0) is 7.49. The van der Waals surface area contributed by atoms with Gasteiger partial charge in [-0.25, -0.2) is 8.93 Å². The molecule has 5 nitrogen and oxygen atoms in total. The summed E-state index contributed by atoms with van der Waals surface area (Å²) >= 11 is -2.35. The second-order valence-corrected chi connectivity index (χ2v) is 4.36. The molecule has 0 aromatic carbocycles. The summed E-state index contributed by atoms with van der Waals surface area (Å²) in [6, 6.07) is 0. The largest absolute Gasteiger partial charge is 1.00 e. The van der Waals surface area contributed by atoms with Crippen LogP contribution < -0.4 is 63.8 Å². The molecule has 0 heterocycles. The molecule has 0 saturated carbocycles. The minimum atomic E-state index is -3.61. The molecule has 0 rings (SSSR count). The first-order valence-corrected chi connectivity index (χ1v) is 5.33. The summed E-state index contributed by atoms with van der Waals surface area (Å²) in [4.78, 5) is 0. The molecule has 0 aliphatic carbocycles. The molecule has 1 unspecified atom stereocenters. The minimum absolute atomic E-state index is 0. The van der Waals surface area contributed by atoms with Crippen molar-refractivity contribution in [1.29, 1.82) is 0 Å². The van der Waals surface area contributed by atoms with Gasteiger partial charge in [0.15, 0.2) is 0 Å². The standard InChI is InChI=1S/C2H9NO4S2.2Na/c1-9(6,7)3-2-8(4)5;;/h9H,2H2,1H3,(H,4,5)(H2,3,6,7);;/q;2*+1/p-2. The Balaban J connectivity index is -0.000000320. The maximum atomic E-state index is 10.2. The van der Waals surface area contributed by atoms with Gasteiger partial charge in [0.2, 0.25) is 0 Å². The van der Waals surface area contributed by atoms with Gasteiger partial charge in [0, 0.05) is 0 Å². The molecule has 1 atom stereocenters. The molecule has 11 heavy (non-hydrogen) atoms. The van der Waals surface area contributed by atoms with Crippen molar-refractivity contribution in [2.45, 2.75) is 0 Å². The number of hydrogen-bond acceptors (Lipinski definition) is 4. The molecule has 0 spiro atoms. The Morgan fingerprint density at radius 3 is 2.00 bits per heavy atom. The summed E-state index contributed by atoms with van der Waals surface area (Å²) in [6.07, 6.45) is 0.917. The number of hydrogen-bond donors (Lipinski definition) is 2. The third-order valence-corrected chi connectivity index (χ3v) is 1.80. The number of sulfonamides is 1. The van der Waals surface area contributed by atoms with Crippen LogP contribution in [0.4, 0.5) is 0 Å². The fraction of sp³-hybridized carbons (Fsp3) is 1.00. The van der Waals surface area contributed by atoms with E-state index in [9.17, 15) is 17.5 Å². The van der Waals surface area contributed by atoms with Crippen molar-refractivity contribution in [2.75, 3.05) is 12.1 Å². The second-order valence-electron chi connectivity index (χ2n) is 1.45. The molecule has 1 N–H and O–H groups in total. The Labute approximate surface area is 113 Å². The van der Waals surface area contributed by atoms with Crippen molar-refractivity contribution in [3.8, 4) is 0 Å². The number of thiol groups is 1. The molecule has 0 saturated heterocycles. The second kappa shape index (κ2) is 8.76. The SMILES string of the molecule is C[SH](=O)([O-])NCS(=O)[O-].[Na+].[Na+]. The van der Waals surface area contributed by atoms with E-state index in [1.165, 1.54) is 0 Å². The van der Waals surface area contributed by atoms with E-state index in [0.717, 1.165) is 6.26 Å². The van der Waals surface area contributed by atoms with Crippen LogP contribution in [-0.2, 0) is 21.5 Å². The van der Waals surface area contributed by atoms with Crippen LogP contribution in [0.25, 0.3) is 0 Å². The molecule has 58 valence electrons. The van der Waals surface area contributed by atoms with E-state index in [0.29, 0.717) is 0 Å². The van der Waals surface area contributed by atoms with E-state index in [1.807, 2.05) is 4.72 Å². The van der Waals surface area contributed by atoms with Gasteiger partial charge in [0.05, 0.1) is 5.88 Å². The predicted molar refractivity (Wildman–Crippen MR) is 33.2 cm³/mol. The summed E-state index contributed by atoms with van der Waals surface area (Å²) in [6.45, 7) is 0. The minimum Gasteiger partial charge on any atom is -0.771 e. The molecule has 0 bridgehead atoms. The molecule has 9 heteroatoms. The normalized spacial score (nSPS) is 14.1. The quantitative estimate of drug-likeness (QED) is 0.280. The first-order valence-electron chi connectivity index (χ1n) is 2.01. The Morgan fingerprint density at radius 1 is 1.55 bits per heavy atom. The summed E-state index contributed by atoms with van der Waals surface area (Å²) in [5.41, 5.74) is 0. The number of nitrogens with one attached hydrogen (secondary N) is 1. The first kappa shape index (κ1) is 18.9. The summed E-state index contributed by atoms with van der Waals surface area (Å²) in [5, 5.41) is 0. The Kier molecular flexibility index (Phi) is 15.0. The molecule has 0 aliphatic heterocycles. The fourth-order valence-corrected chi connectivity index (χ4v) is 1.53. The Morgan fingerprint density at radius 2 is 1.91 bits per heavy atom. The molecular formula is C2H7NNa2O4S2. The third kappa shape index (κ3) is 18.9. The van der Waals surface area contributed by atoms with Crippen LogP contribution >= 0.6 is 0 Å². The molecule has 0 radical (unpaired) electrons. The molecule has 0 aromatic rings. The van der Waals surface area contributed by atoms with Gasteiger partial charge in [-0.05, 0) is 17.3 Å². The van der Waals surface area contributed by atoms with E-state index < -0.39 is 27.4 Å². The van der Waals surface area contributed by atoms with Crippen LogP contribution in [0.1, 0.15) is 0 Å². The number of rotatable bonds is 3. The van der Waals surface area contributed by atoms with Gasteiger partial charge >= 0.3 is 59.1 Å². The molecule has 0 amide bonds. The Hall–Kier alpha value is 2.18. The van der Waals surface area contributed by atoms with Crippen molar-refractivity contribution >= 4 is 21.5 Å². The fourth-order valence-electron chi connectivity index (χ4n) is 0.170. The van der Waals surface area contributed by atoms with Crippen LogP contribution in [0.5, 0.6) is 0 Å². The van der Waals surface area contributed by atoms with Crippen LogP contribution in [0.3, 0.4) is 0 Å². The topological polar surface area (TPSA) is 92.3 Å². The van der Waals surface area contributed by atoms with Crippen molar-refractivity contribution in [3.63, 3.8) is 0 Å². The van der Waals surface area contributed by atoms with Crippen molar-refractivity contribution in [3.05, 3.63) is 0 Å². The maximum Gasteiger partial charge on any atom is 1.00 e. The van der Waals surface area contributed by atoms with Gasteiger partial charge in [-0.3, -0.25) is 14.6 Å². The molecule has 0 aromatic heterocycles. The Bertz CT molecular complexity index is 158. The zero-order valence-corrected chi connectivity index (χ0v) is 12.4. The molecule has 0 fully saturated rings. The van der Waals surface area contributed by atoms with E-state index in [-0.39, 0.29) is 59.1 Å². The van der Waals surface area contributed by atoms with Crippen molar-refractivity contribution in [2.24, 2.45) is 0 Å². The smallest absolute Gasteiger partial charge is 0.771 e. The van der Waals surface area contributed by atoms with Crippen LogP contribution in [0.2, 0.25) is 0 Å². The van der Waals surface area contributed by atoms with E-state index in [2.05, 4.69) is 0 Å². The molecular weight excluding hydrogens is 212 g/mol. The van der Waals surface area contributed by atoms with Crippen LogP contribution in [0.15, 0.2) is 0 Å². The summed E-state index contributed by atoms with van der Waals surface area (Å²) in [7, 11) is -3.61. The van der Waals surface area contributed by atoms with Gasteiger partial charge in [-0.2, -0.15) is 0 Å². The predicted octanol–water partition coefficient (Wildman–Crippen LogP) is -7.89. The van der Waals surface area contributed by atoms with Gasteiger partial charge < -0.3 is 9.11 Å². The summed E-state index contributed by atoms with van der Waals surface area (Å²) in [5.74, 6) is -0.544. The summed E-state index contributed by atoms with van der Waals surface area (Å²) < 4.78 is 41.6. The van der Waals surface area contributed by atoms with Gasteiger partial charge in [-0.1, -0.05) is 0 Å². The average Bonchev–Trinajstić information content (AvgIpc) is 1.59. The monoisotopic (exact) mass is 219 g/mol. The van der Waals surface area contributed by atoms with Gasteiger partial charge in [-0.15, -0.1) is 0 Å². The average molecular weight is 219 g/mol.